The molecular weight excluding hydrogens is 846 g/mol. The second kappa shape index (κ2) is 16.3. The van der Waals surface area contributed by atoms with E-state index in [1.54, 1.807) is 70.5 Å². The van der Waals surface area contributed by atoms with E-state index >= 15 is 0 Å². The van der Waals surface area contributed by atoms with E-state index in [2.05, 4.69) is 0 Å². The van der Waals surface area contributed by atoms with Gasteiger partial charge in [-0.05, 0) is 122 Å². The topological polar surface area (TPSA) is 11.4 Å². The maximum atomic E-state index is 9.61. The fourth-order valence-corrected chi connectivity index (χ4v) is 9.80. The number of nitrogens with zero attached hydrogens (tertiary/aromatic N) is 3. The average Bonchev–Trinajstić information content (AvgIpc) is 1.20. The summed E-state index contributed by atoms with van der Waals surface area (Å²) in [5.74, 6) is 0. The Morgan fingerprint density at radius 1 is 0.286 bits per heavy atom. The molecule has 0 atom stereocenters. The maximum Gasteiger partial charge on any atom is 0.252 e. The van der Waals surface area contributed by atoms with Crippen LogP contribution in [-0.4, -0.2) is 11.3 Å². The van der Waals surface area contributed by atoms with Crippen LogP contribution in [-0.2, 0) is 0 Å². The molecule has 0 unspecified atom stereocenters. The first-order valence-corrected chi connectivity index (χ1v) is 21.9. The highest BCUT2D eigenvalue weighted by atomic mass is 15.2. The van der Waals surface area contributed by atoms with Crippen LogP contribution < -0.4 is 26.2 Å². The Balaban J connectivity index is 1.17. The van der Waals surface area contributed by atoms with E-state index in [-0.39, 0.29) is 94.8 Å². The summed E-state index contributed by atoms with van der Waals surface area (Å²) in [4.78, 5) is 3.49. The largest absolute Gasteiger partial charge is 0.311 e. The molecule has 12 aromatic rings. The fourth-order valence-electron chi connectivity index (χ4n) is 9.80. The predicted molar refractivity (Wildman–Crippen MR) is 297 cm³/mol. The smallest absolute Gasteiger partial charge is 0.252 e. The van der Waals surface area contributed by atoms with Crippen molar-refractivity contribution in [1.82, 2.24) is 4.57 Å². The van der Waals surface area contributed by atoms with Crippen molar-refractivity contribution in [3.05, 3.63) is 266 Å². The molecule has 326 valence electrons. The first kappa shape index (κ1) is 21.0. The molecule has 0 radical (unpaired) electrons. The standard InChI is InChI=1S/C66H44BN3/c1-5-17-45(18-6-1)49-29-35-53(36-30-49)68-62-39-33-51(47-21-9-3-10-22-47)41-58(62)67-59-42-52(48-23-11-4-12-24-48)34-40-63(59)69(54-37-31-50(32-38-54)46-19-7-2-8-20-46)65-44-55(43-64(68)66(65)67)70-60-27-15-13-25-56(60)57-26-14-16-28-61(57)70/h1-44H/i1D,2D,3D,4D,5D,6D,7D,8D,9D,10D,11D,12D,13D,14D,15D,16D,17D,18D,19D,20D,21D,22D,23D,24D,25D,26D,27D,28D. The van der Waals surface area contributed by atoms with E-state index < -0.39 is 176 Å². The molecule has 0 bridgehead atoms. The highest BCUT2D eigenvalue weighted by Gasteiger charge is 2.44. The minimum Gasteiger partial charge on any atom is -0.311 e. The number of hydrogen-bond donors (Lipinski definition) is 0. The summed E-state index contributed by atoms with van der Waals surface area (Å²) in [5.41, 5.74) is 2.14. The Morgan fingerprint density at radius 2 is 0.629 bits per heavy atom. The molecule has 3 nitrogen and oxygen atoms in total. The van der Waals surface area contributed by atoms with Gasteiger partial charge in [0.15, 0.2) is 0 Å². The minimum atomic E-state index is -1.13. The van der Waals surface area contributed by atoms with Crippen LogP contribution in [0.5, 0.6) is 0 Å². The zero-order chi connectivity index (χ0) is 70.5. The van der Waals surface area contributed by atoms with Gasteiger partial charge in [-0.1, -0.05) is 206 Å². The van der Waals surface area contributed by atoms with Gasteiger partial charge in [0.1, 0.15) is 0 Å². The van der Waals surface area contributed by atoms with E-state index in [0.717, 1.165) is 0 Å². The third-order valence-electron chi connectivity index (χ3n) is 12.7. The van der Waals surface area contributed by atoms with Crippen molar-refractivity contribution in [2.75, 3.05) is 9.80 Å². The van der Waals surface area contributed by atoms with Crippen LogP contribution in [0, 0.1) is 0 Å². The number of benzene rings is 11. The second-order valence-electron chi connectivity index (χ2n) is 16.4. The van der Waals surface area contributed by atoms with E-state index in [9.17, 15) is 11.0 Å². The Morgan fingerprint density at radius 3 is 1.03 bits per heavy atom. The molecule has 0 amide bonds. The molecule has 1 aromatic heterocycles. The molecule has 11 aromatic carbocycles. The summed E-state index contributed by atoms with van der Waals surface area (Å²) < 4.78 is 250. The monoisotopic (exact) mass is 918 g/mol. The maximum absolute atomic E-state index is 9.61. The average molecular weight is 918 g/mol. The zero-order valence-electron chi connectivity index (χ0n) is 64.2. The lowest BCUT2D eigenvalue weighted by molar-refractivity contribution is 1.16. The van der Waals surface area contributed by atoms with Gasteiger partial charge in [-0.15, -0.1) is 0 Å². The van der Waals surface area contributed by atoms with Crippen LogP contribution in [0.3, 0.4) is 0 Å². The van der Waals surface area contributed by atoms with Gasteiger partial charge in [-0.3, -0.25) is 0 Å². The van der Waals surface area contributed by atoms with Gasteiger partial charge >= 0.3 is 0 Å². The lowest BCUT2D eigenvalue weighted by atomic mass is 9.33. The molecule has 14 rings (SSSR count). The number of rotatable bonds is 7. The van der Waals surface area contributed by atoms with Gasteiger partial charge in [-0.25, -0.2) is 0 Å². The van der Waals surface area contributed by atoms with E-state index in [4.69, 9.17) is 27.4 Å². The fraction of sp³-hybridized carbons (Fsp3) is 0. The first-order chi connectivity index (χ1) is 46.3. The SMILES string of the molecule is [2H]c1c([2H])c([2H])c(-c2ccc(N3c4ccc(-c5c([2H])c([2H])c([2H])c([2H])c5[2H])cc4B4c5cc(-c6c([2H])c([2H])c([2H])c([2H])c6[2H])ccc5N(c5ccc(-c6c([2H])c([2H])c([2H])c([2H])c6[2H])cc5)c5cc(-n6c7c([2H])c([2H])c([2H])c([2H])c7c7c([2H])c([2H])c([2H])c([2H])c76)cc3c54)cc2)c([2H])c1[2H]. The van der Waals surface area contributed by atoms with Crippen LogP contribution in [0.4, 0.5) is 34.1 Å². The van der Waals surface area contributed by atoms with Crippen LogP contribution in [0.25, 0.3) is 72.0 Å². The van der Waals surface area contributed by atoms with Crippen molar-refractivity contribution in [3.8, 4) is 50.2 Å². The summed E-state index contributed by atoms with van der Waals surface area (Å²) in [6.45, 7) is -1.13. The molecule has 0 saturated carbocycles. The van der Waals surface area contributed by atoms with Gasteiger partial charge < -0.3 is 14.4 Å². The molecule has 2 aliphatic rings. The van der Waals surface area contributed by atoms with Crippen molar-refractivity contribution in [2.45, 2.75) is 0 Å². The van der Waals surface area contributed by atoms with Crippen LogP contribution in [0.1, 0.15) is 38.4 Å². The highest BCUT2D eigenvalue weighted by Crippen LogP contribution is 2.47. The van der Waals surface area contributed by atoms with Crippen molar-refractivity contribution < 1.29 is 38.4 Å². The molecule has 2 aliphatic heterocycles. The first-order valence-electron chi connectivity index (χ1n) is 35.9. The third kappa shape index (κ3) is 6.45. The summed E-state index contributed by atoms with van der Waals surface area (Å²) >= 11 is 0. The molecule has 0 aliphatic carbocycles. The number of fused-ring (bicyclic) bond motifs is 7. The summed E-state index contributed by atoms with van der Waals surface area (Å²) in [6.07, 6.45) is 0. The Bertz CT molecular complexity index is 5190. The van der Waals surface area contributed by atoms with E-state index in [0.29, 0.717) is 27.8 Å². The molecule has 0 N–H and O–H groups in total. The molecule has 70 heavy (non-hydrogen) atoms. The van der Waals surface area contributed by atoms with Crippen molar-refractivity contribution >= 4 is 79.0 Å². The molecule has 0 saturated heterocycles. The number of hydrogen-bond acceptors (Lipinski definition) is 2. The zero-order valence-corrected chi connectivity index (χ0v) is 36.2. The number of para-hydroxylation sites is 2. The summed E-state index contributed by atoms with van der Waals surface area (Å²) in [5, 5.41) is -0.503. The lowest BCUT2D eigenvalue weighted by Gasteiger charge is -2.44. The van der Waals surface area contributed by atoms with Crippen molar-refractivity contribution in [1.29, 1.82) is 0 Å². The molecule has 4 heteroatoms. The van der Waals surface area contributed by atoms with Gasteiger partial charge in [0.2, 0.25) is 0 Å². The summed E-state index contributed by atoms with van der Waals surface area (Å²) in [6, 6.07) is 8.28. The van der Waals surface area contributed by atoms with Crippen molar-refractivity contribution in [2.24, 2.45) is 0 Å². The molecule has 0 fully saturated rings. The highest BCUT2D eigenvalue weighted by molar-refractivity contribution is 7.00. The van der Waals surface area contributed by atoms with Gasteiger partial charge in [0, 0.05) is 44.9 Å². The third-order valence-corrected chi connectivity index (χ3v) is 12.7. The Kier molecular flexibility index (Phi) is 4.90. The lowest BCUT2D eigenvalue weighted by Crippen LogP contribution is -2.61. The quantitative estimate of drug-likeness (QED) is 0.148. The van der Waals surface area contributed by atoms with Gasteiger partial charge in [-0.2, -0.15) is 0 Å². The normalized spacial score (nSPS) is 18.1. The van der Waals surface area contributed by atoms with Gasteiger partial charge in [0.05, 0.1) is 55.1 Å². The van der Waals surface area contributed by atoms with Crippen LogP contribution in [0.2, 0.25) is 0 Å². The van der Waals surface area contributed by atoms with E-state index in [1.807, 2.05) is 0 Å². The molecular formula is C66H44BN3. The van der Waals surface area contributed by atoms with E-state index in [1.165, 1.54) is 41.0 Å². The van der Waals surface area contributed by atoms with Crippen LogP contribution >= 0.6 is 0 Å². The minimum absolute atomic E-state index is 0.0208. The molecule has 0 spiro atoms. The van der Waals surface area contributed by atoms with Crippen molar-refractivity contribution in [3.63, 3.8) is 0 Å². The Labute approximate surface area is 447 Å². The summed E-state index contributed by atoms with van der Waals surface area (Å²) in [7, 11) is 0. The van der Waals surface area contributed by atoms with Gasteiger partial charge in [0.25, 0.3) is 6.71 Å². The predicted octanol–water partition coefficient (Wildman–Crippen LogP) is 15.5. The molecule has 3 heterocycles. The number of anilines is 6. The second-order valence-corrected chi connectivity index (χ2v) is 16.4. The Hall–Kier alpha value is -9.12. The van der Waals surface area contributed by atoms with Crippen LogP contribution in [0.15, 0.2) is 266 Å². The number of aromatic nitrogens is 1.